The predicted octanol–water partition coefficient (Wildman–Crippen LogP) is 2.68. The van der Waals surface area contributed by atoms with Crippen molar-refractivity contribution in [1.29, 1.82) is 5.26 Å². The van der Waals surface area contributed by atoms with E-state index in [1.807, 2.05) is 0 Å². The van der Waals surface area contributed by atoms with Crippen LogP contribution in [0.1, 0.15) is 18.3 Å². The van der Waals surface area contributed by atoms with E-state index in [4.69, 9.17) is 10.00 Å². The molecule has 5 heteroatoms. The zero-order valence-corrected chi connectivity index (χ0v) is 9.98. The summed E-state index contributed by atoms with van der Waals surface area (Å²) in [6.07, 6.45) is 1.47. The van der Waals surface area contributed by atoms with E-state index in [1.54, 1.807) is 13.0 Å². The lowest BCUT2D eigenvalue weighted by Crippen LogP contribution is -1.99. The van der Waals surface area contributed by atoms with Gasteiger partial charge in [-0.2, -0.15) is 5.26 Å². The number of nitriles is 1. The molecule has 0 atom stereocenters. The first kappa shape index (κ1) is 13.6. The molecule has 0 unspecified atom stereocenters. The number of aliphatic imine (C=N–C) groups is 1. The van der Waals surface area contributed by atoms with Gasteiger partial charge in [0, 0.05) is 0 Å². The van der Waals surface area contributed by atoms with Crippen LogP contribution < -0.4 is 0 Å². The van der Waals surface area contributed by atoms with Crippen LogP contribution in [0.25, 0.3) is 5.57 Å². The summed E-state index contributed by atoms with van der Waals surface area (Å²) in [5.74, 6) is -0.426. The minimum absolute atomic E-state index is 0.246. The van der Waals surface area contributed by atoms with Crippen molar-refractivity contribution in [3.63, 3.8) is 0 Å². The average Bonchev–Trinajstić information content (AvgIpc) is 2.40. The number of halogens is 1. The maximum Gasteiger partial charge on any atom is 0.222 e. The van der Waals surface area contributed by atoms with Crippen molar-refractivity contribution in [3.05, 3.63) is 47.9 Å². The maximum atomic E-state index is 13.2. The van der Waals surface area contributed by atoms with Crippen LogP contribution in [-0.4, -0.2) is 18.3 Å². The van der Waals surface area contributed by atoms with Crippen LogP contribution in [0.15, 0.2) is 35.7 Å². The fourth-order valence-corrected chi connectivity index (χ4v) is 1.32. The van der Waals surface area contributed by atoms with E-state index in [0.29, 0.717) is 17.9 Å². The Labute approximate surface area is 105 Å². The number of nitrogens with zero attached hydrogens (tertiary/aromatic N) is 3. The zero-order valence-electron chi connectivity index (χ0n) is 9.98. The third-order valence-electron chi connectivity index (χ3n) is 2.09. The summed E-state index contributed by atoms with van der Waals surface area (Å²) in [6.45, 7) is 9.21. The smallest absolute Gasteiger partial charge is 0.222 e. The third kappa shape index (κ3) is 2.80. The van der Waals surface area contributed by atoms with E-state index in [9.17, 15) is 4.39 Å². The van der Waals surface area contributed by atoms with Gasteiger partial charge in [0.05, 0.1) is 17.9 Å². The minimum Gasteiger partial charge on any atom is -0.477 e. The highest BCUT2D eigenvalue weighted by atomic mass is 19.1. The maximum absolute atomic E-state index is 13.2. The molecule has 0 saturated heterocycles. The molecule has 0 aliphatic heterocycles. The van der Waals surface area contributed by atoms with E-state index >= 15 is 0 Å². The first-order chi connectivity index (χ1) is 8.67. The molecule has 0 saturated carbocycles. The molecule has 1 aromatic rings. The largest absolute Gasteiger partial charge is 0.477 e. The van der Waals surface area contributed by atoms with Crippen molar-refractivity contribution in [3.8, 4) is 6.07 Å². The number of ether oxygens (including phenoxy) is 1. The summed E-state index contributed by atoms with van der Waals surface area (Å²) in [5, 5.41) is 8.74. The van der Waals surface area contributed by atoms with E-state index in [0.717, 1.165) is 6.07 Å². The molecular weight excluding hydrogens is 233 g/mol. The van der Waals surface area contributed by atoms with Gasteiger partial charge in [-0.1, -0.05) is 12.7 Å². The molecule has 0 radical (unpaired) electrons. The molecule has 0 N–H and O–H groups in total. The molecule has 1 rings (SSSR count). The van der Waals surface area contributed by atoms with Crippen molar-refractivity contribution in [2.75, 3.05) is 6.61 Å². The van der Waals surface area contributed by atoms with Crippen molar-refractivity contribution in [2.24, 2.45) is 4.99 Å². The van der Waals surface area contributed by atoms with Crippen LogP contribution in [0.3, 0.4) is 0 Å². The standard InChI is InChI=1S/C13H12FN3O/c1-4-9(13(16-3)18-5-2)11-7-6-10(14)12(8-15)17-11/h4,6-7H,1,3,5H2,2H3/b13-9-. The second kappa shape index (κ2) is 6.30. The molecule has 0 aliphatic carbocycles. The van der Waals surface area contributed by atoms with Gasteiger partial charge in [-0.25, -0.2) is 14.4 Å². The Kier molecular flexibility index (Phi) is 4.76. The quantitative estimate of drug-likeness (QED) is 0.455. The van der Waals surface area contributed by atoms with E-state index in [1.165, 1.54) is 12.1 Å². The highest BCUT2D eigenvalue weighted by Crippen LogP contribution is 2.20. The van der Waals surface area contributed by atoms with E-state index in [-0.39, 0.29) is 11.6 Å². The number of pyridine rings is 1. The first-order valence-corrected chi connectivity index (χ1v) is 5.21. The average molecular weight is 245 g/mol. The van der Waals surface area contributed by atoms with E-state index < -0.39 is 5.82 Å². The molecular formula is C13H12FN3O. The number of rotatable bonds is 5. The lowest BCUT2D eigenvalue weighted by molar-refractivity contribution is 0.230. The zero-order chi connectivity index (χ0) is 13.5. The van der Waals surface area contributed by atoms with Gasteiger partial charge in [0.2, 0.25) is 5.88 Å². The Bertz CT molecular complexity index is 544. The topological polar surface area (TPSA) is 58.3 Å². The Morgan fingerprint density at radius 1 is 1.67 bits per heavy atom. The number of aromatic nitrogens is 1. The molecule has 0 aromatic carbocycles. The second-order valence-corrected chi connectivity index (χ2v) is 3.15. The van der Waals surface area contributed by atoms with Crippen LogP contribution in [0, 0.1) is 17.1 Å². The molecule has 1 heterocycles. The summed E-state index contributed by atoms with van der Waals surface area (Å²) in [4.78, 5) is 7.60. The fourth-order valence-electron chi connectivity index (χ4n) is 1.32. The summed E-state index contributed by atoms with van der Waals surface area (Å²) in [7, 11) is 0. The van der Waals surface area contributed by atoms with Crippen LogP contribution in [0.5, 0.6) is 0 Å². The molecule has 4 nitrogen and oxygen atoms in total. The van der Waals surface area contributed by atoms with Gasteiger partial charge in [-0.15, -0.1) is 0 Å². The Morgan fingerprint density at radius 2 is 2.39 bits per heavy atom. The SMILES string of the molecule is C=C/C(=C(\N=C)OCC)c1ccc(F)c(C#N)n1. The van der Waals surface area contributed by atoms with Gasteiger partial charge in [0.1, 0.15) is 6.07 Å². The minimum atomic E-state index is -0.672. The molecule has 0 aliphatic rings. The summed E-state index contributed by atoms with van der Waals surface area (Å²) >= 11 is 0. The predicted molar refractivity (Wildman–Crippen MR) is 67.2 cm³/mol. The summed E-state index contributed by atoms with van der Waals surface area (Å²) in [5.41, 5.74) is 0.536. The third-order valence-corrected chi connectivity index (χ3v) is 2.09. The molecule has 92 valence electrons. The molecule has 0 fully saturated rings. The van der Waals surface area contributed by atoms with Crippen molar-refractivity contribution in [1.82, 2.24) is 4.98 Å². The Balaban J connectivity index is 3.37. The number of hydrogen-bond acceptors (Lipinski definition) is 4. The highest BCUT2D eigenvalue weighted by molar-refractivity contribution is 5.73. The van der Waals surface area contributed by atoms with Crippen molar-refractivity contribution in [2.45, 2.75) is 6.92 Å². The lowest BCUT2D eigenvalue weighted by Gasteiger charge is -2.08. The van der Waals surface area contributed by atoms with Gasteiger partial charge in [0.15, 0.2) is 11.5 Å². The van der Waals surface area contributed by atoms with E-state index in [2.05, 4.69) is 23.3 Å². The molecule has 0 spiro atoms. The molecule has 0 amide bonds. The van der Waals surface area contributed by atoms with Crippen molar-refractivity contribution >= 4 is 12.3 Å². The second-order valence-electron chi connectivity index (χ2n) is 3.15. The van der Waals surface area contributed by atoms with Gasteiger partial charge in [0.25, 0.3) is 0 Å². The normalized spacial score (nSPS) is 11.2. The van der Waals surface area contributed by atoms with Crippen molar-refractivity contribution < 1.29 is 9.13 Å². The Hall–Kier alpha value is -2.48. The van der Waals surface area contributed by atoms with Gasteiger partial charge in [-0.3, -0.25) is 0 Å². The molecule has 1 aromatic heterocycles. The summed E-state index contributed by atoms with van der Waals surface area (Å²) in [6, 6.07) is 4.27. The van der Waals surface area contributed by atoms with Gasteiger partial charge in [-0.05, 0) is 25.8 Å². The first-order valence-electron chi connectivity index (χ1n) is 5.21. The van der Waals surface area contributed by atoms with Gasteiger partial charge >= 0.3 is 0 Å². The van der Waals surface area contributed by atoms with Crippen LogP contribution in [0.2, 0.25) is 0 Å². The molecule has 18 heavy (non-hydrogen) atoms. The Morgan fingerprint density at radius 3 is 2.89 bits per heavy atom. The number of allylic oxidation sites excluding steroid dienone is 2. The van der Waals surface area contributed by atoms with Gasteiger partial charge < -0.3 is 4.74 Å². The van der Waals surface area contributed by atoms with Crippen LogP contribution in [-0.2, 0) is 4.74 Å². The summed E-state index contributed by atoms with van der Waals surface area (Å²) < 4.78 is 18.4. The highest BCUT2D eigenvalue weighted by Gasteiger charge is 2.11. The fraction of sp³-hybridized carbons (Fsp3) is 0.154. The monoisotopic (exact) mass is 245 g/mol. The van der Waals surface area contributed by atoms with Crippen LogP contribution in [0.4, 0.5) is 4.39 Å². The molecule has 0 bridgehead atoms. The van der Waals surface area contributed by atoms with Crippen LogP contribution >= 0.6 is 0 Å². The number of hydrogen-bond donors (Lipinski definition) is 0. The lowest BCUT2D eigenvalue weighted by atomic mass is 10.1.